The Morgan fingerprint density at radius 3 is 1.49 bits per heavy atom. The van der Waals surface area contributed by atoms with E-state index in [9.17, 15) is 51.3 Å². The standard InChI is InChI=1S/C17H25F3O2.C16H23F3O4.C10H18O4.6CH4/c1-4-15(2,17(18,19)20)14(21)22-16(3)12-6-10-5-11(8-12)9-13(16)7-10;1-3-12(2,16(17,18)19)11(20)23-15-6-10-4-13(21,8-15)7-14(22,5-10)9-15;1-3-6(2)14-8-5-13-9-7(11)4-12-10(8)9;;;;;;/h10-13H,4-9H2,1-3H3;10,21-22H,3-9H2,1-2H3;6-11H,3-5H2,1-2H3;6*1H4. The van der Waals surface area contributed by atoms with Gasteiger partial charge in [-0.3, -0.25) is 9.59 Å². The second kappa shape index (κ2) is 21.9. The number of carbonyl (C=O) groups is 2. The number of aliphatic hydroxyl groups is 3. The van der Waals surface area contributed by atoms with Gasteiger partial charge in [0.25, 0.3) is 0 Å². The van der Waals surface area contributed by atoms with Crippen molar-refractivity contribution < 1.29 is 74.9 Å². The van der Waals surface area contributed by atoms with E-state index in [2.05, 4.69) is 6.92 Å². The summed E-state index contributed by atoms with van der Waals surface area (Å²) in [6.45, 7) is 11.4. The van der Waals surface area contributed by atoms with Crippen LogP contribution in [0.1, 0.15) is 183 Å². The molecule has 0 aromatic heterocycles. The smallest absolute Gasteiger partial charge is 0.404 e. The van der Waals surface area contributed by atoms with E-state index in [0.29, 0.717) is 44.3 Å². The van der Waals surface area contributed by atoms with Crippen LogP contribution in [0, 0.1) is 40.4 Å². The largest absolute Gasteiger partial charge is 0.458 e. The van der Waals surface area contributed by atoms with Gasteiger partial charge in [-0.25, -0.2) is 0 Å². The molecule has 8 bridgehead atoms. The minimum absolute atomic E-state index is 0. The fourth-order valence-corrected chi connectivity index (χ4v) is 12.1. The first kappa shape index (κ1) is 63.3. The maximum absolute atomic E-state index is 13.3. The monoisotopic (exact) mass is 953 g/mol. The van der Waals surface area contributed by atoms with Crippen molar-refractivity contribution in [1.29, 1.82) is 0 Å². The molecule has 10 rings (SSSR count). The van der Waals surface area contributed by atoms with E-state index < -0.39 is 70.1 Å². The SMILES string of the molecule is C.C.C.C.C.C.CCC(C)(C(=O)OC1(C)C2CC3CC(C2)CC1C3)C(F)(F)F.CCC(C)(C(=O)OC12CC3CC(O)(CC(O)(C3)C1)C2)C(F)(F)F.CCC(C)OC1COC2C(O)COC12. The summed E-state index contributed by atoms with van der Waals surface area (Å²) in [7, 11) is 0. The van der Waals surface area contributed by atoms with Crippen molar-refractivity contribution in [2.75, 3.05) is 13.2 Å². The molecule has 9 atom stereocenters. The van der Waals surface area contributed by atoms with E-state index in [1.54, 1.807) is 0 Å². The van der Waals surface area contributed by atoms with Gasteiger partial charge in [0.05, 0.1) is 30.5 Å². The highest BCUT2D eigenvalue weighted by Gasteiger charge is 2.67. The first-order valence-corrected chi connectivity index (χ1v) is 21.8. The number of hydrogen-bond acceptors (Lipinski definition) is 10. The van der Waals surface area contributed by atoms with Crippen LogP contribution < -0.4 is 0 Å². The fourth-order valence-electron chi connectivity index (χ4n) is 12.1. The van der Waals surface area contributed by atoms with Crippen LogP contribution in [0.3, 0.4) is 0 Å². The Morgan fingerprint density at radius 2 is 1.09 bits per heavy atom. The van der Waals surface area contributed by atoms with Crippen LogP contribution in [0.5, 0.6) is 0 Å². The van der Waals surface area contributed by atoms with Crippen molar-refractivity contribution in [3.05, 3.63) is 0 Å². The number of alkyl halides is 6. The van der Waals surface area contributed by atoms with Crippen LogP contribution in [0.2, 0.25) is 0 Å². The third-order valence-corrected chi connectivity index (χ3v) is 15.9. The quantitative estimate of drug-likeness (QED) is 0.151. The first-order valence-electron chi connectivity index (χ1n) is 21.8. The van der Waals surface area contributed by atoms with E-state index in [1.807, 2.05) is 13.8 Å². The molecule has 0 radical (unpaired) electrons. The Hall–Kier alpha value is -1.72. The molecular weight excluding hydrogens is 863 g/mol. The van der Waals surface area contributed by atoms with Gasteiger partial charge in [-0.15, -0.1) is 0 Å². The van der Waals surface area contributed by atoms with Crippen molar-refractivity contribution in [3.63, 3.8) is 0 Å². The number of rotatable bonds is 9. The summed E-state index contributed by atoms with van der Waals surface area (Å²) >= 11 is 0. The van der Waals surface area contributed by atoms with E-state index in [1.165, 1.54) is 20.3 Å². The average Bonchev–Trinajstić information content (AvgIpc) is 3.69. The normalized spacial score (nSPS) is 39.9. The van der Waals surface area contributed by atoms with Gasteiger partial charge in [0.2, 0.25) is 0 Å². The zero-order chi connectivity index (χ0) is 43.8. The summed E-state index contributed by atoms with van der Waals surface area (Å²) in [6.07, 6.45) is -2.34. The maximum Gasteiger partial charge on any atom is 0.404 e. The van der Waals surface area contributed by atoms with Crippen LogP contribution >= 0.6 is 0 Å². The van der Waals surface area contributed by atoms with Crippen LogP contribution in [-0.2, 0) is 33.3 Å². The van der Waals surface area contributed by atoms with Crippen molar-refractivity contribution in [3.8, 4) is 0 Å². The van der Waals surface area contributed by atoms with E-state index in [0.717, 1.165) is 46.0 Å². The lowest BCUT2D eigenvalue weighted by molar-refractivity contribution is -0.277. The zero-order valence-electron chi connectivity index (χ0n) is 35.6. The van der Waals surface area contributed by atoms with Crippen LogP contribution in [0.25, 0.3) is 0 Å². The molecule has 16 heteroatoms. The molecule has 65 heavy (non-hydrogen) atoms. The molecule has 2 saturated heterocycles. The Bertz CT molecular complexity index is 1490. The van der Waals surface area contributed by atoms with Gasteiger partial charge in [0.1, 0.15) is 35.6 Å². The Morgan fingerprint density at radius 1 is 0.662 bits per heavy atom. The highest BCUT2D eigenvalue weighted by molar-refractivity contribution is 5.78. The Kier molecular flexibility index (Phi) is 21.3. The highest BCUT2D eigenvalue weighted by atomic mass is 19.4. The second-order valence-electron chi connectivity index (χ2n) is 20.3. The lowest BCUT2D eigenvalue weighted by atomic mass is 9.50. The third-order valence-electron chi connectivity index (χ3n) is 15.9. The number of aliphatic hydroxyl groups excluding tert-OH is 1. The number of hydrogen-bond donors (Lipinski definition) is 3. The lowest BCUT2D eigenvalue weighted by Gasteiger charge is -2.62. The summed E-state index contributed by atoms with van der Waals surface area (Å²) in [5.74, 6) is -0.556. The summed E-state index contributed by atoms with van der Waals surface area (Å²) in [5.41, 5.74) is -9.13. The molecule has 388 valence electrons. The summed E-state index contributed by atoms with van der Waals surface area (Å²) < 4.78 is 107. The van der Waals surface area contributed by atoms with Gasteiger partial charge < -0.3 is 39.0 Å². The predicted octanol–water partition coefficient (Wildman–Crippen LogP) is 11.6. The Labute approximate surface area is 388 Å². The molecule has 8 saturated carbocycles. The van der Waals surface area contributed by atoms with Gasteiger partial charge in [-0.2, -0.15) is 26.3 Å². The summed E-state index contributed by atoms with van der Waals surface area (Å²) in [6, 6.07) is 0. The van der Waals surface area contributed by atoms with Crippen molar-refractivity contribution in [2.24, 2.45) is 40.4 Å². The molecule has 0 amide bonds. The van der Waals surface area contributed by atoms with Crippen LogP contribution in [0.4, 0.5) is 26.3 Å². The number of halogens is 6. The number of ether oxygens (including phenoxy) is 5. The molecule has 10 aliphatic rings. The number of fused-ring (bicyclic) bond motifs is 1. The molecule has 2 heterocycles. The van der Waals surface area contributed by atoms with E-state index in [4.69, 9.17) is 23.7 Å². The minimum atomic E-state index is -4.70. The van der Waals surface area contributed by atoms with Gasteiger partial charge >= 0.3 is 24.3 Å². The second-order valence-corrected chi connectivity index (χ2v) is 20.3. The van der Waals surface area contributed by atoms with Crippen molar-refractivity contribution >= 4 is 11.9 Å². The van der Waals surface area contributed by atoms with Gasteiger partial charge in [-0.1, -0.05) is 65.3 Å². The molecule has 0 spiro atoms. The topological polar surface area (TPSA) is 141 Å². The summed E-state index contributed by atoms with van der Waals surface area (Å²) in [4.78, 5) is 24.7. The molecule has 0 aromatic carbocycles. The zero-order valence-corrected chi connectivity index (χ0v) is 35.6. The molecule has 3 N–H and O–H groups in total. The van der Waals surface area contributed by atoms with Crippen molar-refractivity contribution in [2.45, 2.75) is 248 Å². The fraction of sp³-hybridized carbons (Fsp3) is 0.959. The molecule has 2 aliphatic heterocycles. The maximum atomic E-state index is 13.3. The minimum Gasteiger partial charge on any atom is -0.458 e. The van der Waals surface area contributed by atoms with E-state index >= 15 is 0 Å². The molecule has 8 aliphatic carbocycles. The first-order chi connectivity index (χ1) is 27.2. The van der Waals surface area contributed by atoms with Gasteiger partial charge in [-0.05, 0) is 128 Å². The number of esters is 2. The third kappa shape index (κ3) is 12.0. The molecule has 10 fully saturated rings. The molecular formula is C49H90F6O10. The highest BCUT2D eigenvalue weighted by Crippen LogP contribution is 2.62. The lowest BCUT2D eigenvalue weighted by Crippen LogP contribution is -2.67. The van der Waals surface area contributed by atoms with Crippen LogP contribution in [0.15, 0.2) is 0 Å². The van der Waals surface area contributed by atoms with Gasteiger partial charge in [0.15, 0.2) is 10.8 Å². The molecule has 9 unspecified atom stereocenters. The summed E-state index contributed by atoms with van der Waals surface area (Å²) in [5, 5.41) is 30.7. The van der Waals surface area contributed by atoms with Gasteiger partial charge in [0, 0.05) is 19.3 Å². The average molecular weight is 953 g/mol. The van der Waals surface area contributed by atoms with Crippen molar-refractivity contribution in [1.82, 2.24) is 0 Å². The molecule has 0 aromatic rings. The van der Waals surface area contributed by atoms with E-state index in [-0.39, 0.29) is 112 Å². The molecule has 10 nitrogen and oxygen atoms in total. The van der Waals surface area contributed by atoms with Crippen LogP contribution in [-0.4, -0.2) is 106 Å². The predicted molar refractivity (Wildman–Crippen MR) is 241 cm³/mol. The number of carbonyl (C=O) groups excluding carboxylic acids is 2. The Balaban J connectivity index is 0.000000926.